The van der Waals surface area contributed by atoms with Crippen molar-refractivity contribution in [2.75, 3.05) is 0 Å². The van der Waals surface area contributed by atoms with Gasteiger partial charge < -0.3 is 4.42 Å². The zero-order valence-corrected chi connectivity index (χ0v) is 9.86. The Kier molecular flexibility index (Phi) is 4.77. The van der Waals surface area contributed by atoms with Crippen molar-refractivity contribution in [1.29, 1.82) is 0 Å². The fraction of sp³-hybridized carbons (Fsp3) is 0. The molecule has 0 bridgehead atoms. The van der Waals surface area contributed by atoms with Gasteiger partial charge in [0.25, 0.3) is 0 Å². The Morgan fingerprint density at radius 3 is 1.41 bits per heavy atom. The molecule has 1 heteroatoms. The van der Waals surface area contributed by atoms with Crippen LogP contribution in [-0.4, -0.2) is 0 Å². The molecule has 17 heavy (non-hydrogen) atoms. The molecule has 0 aromatic carbocycles. The molecule has 0 saturated heterocycles. The molecule has 1 heterocycles. The predicted octanol–water partition coefficient (Wildman–Crippen LogP) is 4.96. The molecule has 0 N–H and O–H groups in total. The summed E-state index contributed by atoms with van der Waals surface area (Å²) in [6, 6.07) is 0. The average molecular weight is 224 g/mol. The van der Waals surface area contributed by atoms with Crippen LogP contribution >= 0.6 is 0 Å². The summed E-state index contributed by atoms with van der Waals surface area (Å²) in [5, 5.41) is 0. The minimum absolute atomic E-state index is 0.749. The third-order valence-electron chi connectivity index (χ3n) is 2.22. The van der Waals surface area contributed by atoms with E-state index in [1.54, 1.807) is 24.3 Å². The Morgan fingerprint density at radius 2 is 1.12 bits per heavy atom. The summed E-state index contributed by atoms with van der Waals surface area (Å²) in [5.41, 5.74) is 1.86. The molecule has 0 unspecified atom stereocenters. The highest BCUT2D eigenvalue weighted by Crippen LogP contribution is 2.27. The lowest BCUT2D eigenvalue weighted by molar-refractivity contribution is 0.546. The SMILES string of the molecule is C=C/C=C\c1oc(/C=C\C=C)c(C=C)c1C=C. The lowest BCUT2D eigenvalue weighted by atomic mass is 10.1. The van der Waals surface area contributed by atoms with Gasteiger partial charge in [-0.2, -0.15) is 0 Å². The summed E-state index contributed by atoms with van der Waals surface area (Å²) in [6.45, 7) is 14.8. The zero-order chi connectivity index (χ0) is 12.7. The van der Waals surface area contributed by atoms with E-state index in [0.29, 0.717) is 0 Å². The molecule has 0 aliphatic heterocycles. The molecule has 0 atom stereocenters. The van der Waals surface area contributed by atoms with Gasteiger partial charge in [-0.15, -0.1) is 0 Å². The van der Waals surface area contributed by atoms with Crippen LogP contribution < -0.4 is 0 Å². The van der Waals surface area contributed by atoms with Crippen molar-refractivity contribution in [2.45, 2.75) is 0 Å². The lowest BCUT2D eigenvalue weighted by Crippen LogP contribution is -1.76. The van der Waals surface area contributed by atoms with Crippen LogP contribution in [0.5, 0.6) is 0 Å². The monoisotopic (exact) mass is 224 g/mol. The molecule has 1 aromatic rings. The van der Waals surface area contributed by atoms with Crippen molar-refractivity contribution in [1.82, 2.24) is 0 Å². The van der Waals surface area contributed by atoms with Crippen molar-refractivity contribution >= 4 is 24.3 Å². The molecule has 0 spiro atoms. The lowest BCUT2D eigenvalue weighted by Gasteiger charge is -1.91. The minimum atomic E-state index is 0.749. The molecule has 86 valence electrons. The van der Waals surface area contributed by atoms with Crippen LogP contribution in [0.2, 0.25) is 0 Å². The first-order valence-corrected chi connectivity index (χ1v) is 5.28. The Hall–Kier alpha value is -2.28. The van der Waals surface area contributed by atoms with Gasteiger partial charge in [-0.3, -0.25) is 0 Å². The smallest absolute Gasteiger partial charge is 0.135 e. The van der Waals surface area contributed by atoms with Gasteiger partial charge in [0.05, 0.1) is 0 Å². The first-order chi connectivity index (χ1) is 8.28. The van der Waals surface area contributed by atoms with Gasteiger partial charge in [-0.05, 0) is 12.2 Å². The molecular weight excluding hydrogens is 208 g/mol. The van der Waals surface area contributed by atoms with E-state index in [2.05, 4.69) is 26.3 Å². The molecule has 0 amide bonds. The van der Waals surface area contributed by atoms with Gasteiger partial charge >= 0.3 is 0 Å². The second-order valence-corrected chi connectivity index (χ2v) is 3.26. The van der Waals surface area contributed by atoms with Gasteiger partial charge in [0.1, 0.15) is 11.5 Å². The van der Waals surface area contributed by atoms with Crippen molar-refractivity contribution in [3.05, 3.63) is 73.3 Å². The molecule has 1 aromatic heterocycles. The summed E-state index contributed by atoms with van der Waals surface area (Å²) in [6.07, 6.45) is 14.2. The maximum absolute atomic E-state index is 5.72. The van der Waals surface area contributed by atoms with Crippen molar-refractivity contribution in [3.8, 4) is 0 Å². The highest BCUT2D eigenvalue weighted by atomic mass is 16.3. The Balaban J connectivity index is 3.36. The maximum atomic E-state index is 5.72. The van der Waals surface area contributed by atoms with Gasteiger partial charge in [-0.1, -0.05) is 62.8 Å². The van der Waals surface area contributed by atoms with Crippen LogP contribution in [0.3, 0.4) is 0 Å². The second kappa shape index (κ2) is 6.33. The molecule has 1 rings (SSSR count). The Bertz CT molecular complexity index is 451. The van der Waals surface area contributed by atoms with E-state index in [-0.39, 0.29) is 0 Å². The standard InChI is InChI=1S/C16H16O/c1-5-9-11-15-13(7-3)14(8-4)16(17-15)12-10-6-2/h5-12H,1-4H2/b11-9-,12-10-. The van der Waals surface area contributed by atoms with Gasteiger partial charge in [0.2, 0.25) is 0 Å². The first-order valence-electron chi connectivity index (χ1n) is 5.28. The van der Waals surface area contributed by atoms with E-state index >= 15 is 0 Å². The van der Waals surface area contributed by atoms with Crippen LogP contribution in [0.25, 0.3) is 24.3 Å². The van der Waals surface area contributed by atoms with Crippen molar-refractivity contribution in [2.24, 2.45) is 0 Å². The van der Waals surface area contributed by atoms with E-state index in [0.717, 1.165) is 22.6 Å². The Labute approximate surface area is 102 Å². The summed E-state index contributed by atoms with van der Waals surface area (Å²) >= 11 is 0. The number of rotatable bonds is 6. The summed E-state index contributed by atoms with van der Waals surface area (Å²) in [4.78, 5) is 0. The molecule has 0 aliphatic rings. The van der Waals surface area contributed by atoms with Crippen LogP contribution in [0.15, 0.2) is 55.0 Å². The van der Waals surface area contributed by atoms with Crippen LogP contribution in [0.4, 0.5) is 0 Å². The van der Waals surface area contributed by atoms with E-state index in [1.165, 1.54) is 0 Å². The number of furan rings is 1. The molecule has 0 radical (unpaired) electrons. The fourth-order valence-corrected chi connectivity index (χ4v) is 1.47. The number of hydrogen-bond donors (Lipinski definition) is 0. The number of allylic oxidation sites excluding steroid dienone is 4. The second-order valence-electron chi connectivity index (χ2n) is 3.26. The summed E-state index contributed by atoms with van der Waals surface area (Å²) in [7, 11) is 0. The van der Waals surface area contributed by atoms with Crippen LogP contribution in [0.1, 0.15) is 22.6 Å². The molecular formula is C16H16O. The largest absolute Gasteiger partial charge is 0.456 e. The fourth-order valence-electron chi connectivity index (χ4n) is 1.47. The van der Waals surface area contributed by atoms with Crippen molar-refractivity contribution < 1.29 is 4.42 Å². The van der Waals surface area contributed by atoms with E-state index < -0.39 is 0 Å². The van der Waals surface area contributed by atoms with E-state index in [1.807, 2.05) is 24.3 Å². The average Bonchev–Trinajstić information content (AvgIpc) is 2.70. The predicted molar refractivity (Wildman–Crippen MR) is 77.4 cm³/mol. The van der Waals surface area contributed by atoms with Crippen LogP contribution in [0, 0.1) is 0 Å². The van der Waals surface area contributed by atoms with Gasteiger partial charge in [0, 0.05) is 11.1 Å². The molecule has 1 nitrogen and oxygen atoms in total. The van der Waals surface area contributed by atoms with E-state index in [9.17, 15) is 0 Å². The highest BCUT2D eigenvalue weighted by Gasteiger charge is 2.11. The Morgan fingerprint density at radius 1 is 0.706 bits per heavy atom. The zero-order valence-electron chi connectivity index (χ0n) is 9.86. The topological polar surface area (TPSA) is 13.1 Å². The molecule has 0 saturated carbocycles. The molecule has 0 fully saturated rings. The van der Waals surface area contributed by atoms with Crippen molar-refractivity contribution in [3.63, 3.8) is 0 Å². The third-order valence-corrected chi connectivity index (χ3v) is 2.22. The third kappa shape index (κ3) is 2.85. The summed E-state index contributed by atoms with van der Waals surface area (Å²) < 4.78 is 5.72. The van der Waals surface area contributed by atoms with Crippen LogP contribution in [-0.2, 0) is 0 Å². The van der Waals surface area contributed by atoms with Gasteiger partial charge in [0.15, 0.2) is 0 Å². The normalized spacial score (nSPS) is 10.8. The number of hydrogen-bond acceptors (Lipinski definition) is 1. The maximum Gasteiger partial charge on any atom is 0.135 e. The highest BCUT2D eigenvalue weighted by molar-refractivity contribution is 5.76. The molecule has 0 aliphatic carbocycles. The first kappa shape index (κ1) is 12.8. The van der Waals surface area contributed by atoms with Gasteiger partial charge in [-0.25, -0.2) is 0 Å². The van der Waals surface area contributed by atoms with E-state index in [4.69, 9.17) is 4.42 Å². The summed E-state index contributed by atoms with van der Waals surface area (Å²) in [5.74, 6) is 1.50. The quantitative estimate of drug-likeness (QED) is 0.622. The minimum Gasteiger partial charge on any atom is -0.456 e.